The zero-order chi connectivity index (χ0) is 13.2. The molecule has 0 amide bonds. The van der Waals surface area contributed by atoms with Crippen molar-refractivity contribution in [3.8, 4) is 0 Å². The van der Waals surface area contributed by atoms with Gasteiger partial charge in [-0.2, -0.15) is 0 Å². The molecular weight excluding hydrogens is 246 g/mol. The molecular formula is C15H22ClNO. The molecule has 2 nitrogen and oxygen atoms in total. The summed E-state index contributed by atoms with van der Waals surface area (Å²) in [7, 11) is 0. The van der Waals surface area contributed by atoms with Crippen molar-refractivity contribution in [2.45, 2.75) is 44.8 Å². The Balaban J connectivity index is 2.19. The molecule has 0 radical (unpaired) electrons. The Bertz CT molecular complexity index is 405. The maximum atomic E-state index is 10.8. The van der Waals surface area contributed by atoms with E-state index in [1.807, 2.05) is 31.2 Å². The first-order valence-corrected chi connectivity index (χ1v) is 7.13. The molecule has 18 heavy (non-hydrogen) atoms. The lowest BCUT2D eigenvalue weighted by atomic mass is 9.79. The molecule has 2 N–H and O–H groups in total. The fourth-order valence-electron chi connectivity index (χ4n) is 2.80. The molecule has 1 saturated heterocycles. The molecule has 1 aliphatic heterocycles. The Hall–Kier alpha value is -0.570. The van der Waals surface area contributed by atoms with Crippen LogP contribution in [0, 0.1) is 5.92 Å². The van der Waals surface area contributed by atoms with Crippen molar-refractivity contribution in [2.75, 3.05) is 6.54 Å². The predicted molar refractivity (Wildman–Crippen MR) is 75.8 cm³/mol. The summed E-state index contributed by atoms with van der Waals surface area (Å²) >= 11 is 6.01. The van der Waals surface area contributed by atoms with Crippen molar-refractivity contribution in [1.82, 2.24) is 5.32 Å². The summed E-state index contributed by atoms with van der Waals surface area (Å²) in [5, 5.41) is 15.0. The highest BCUT2D eigenvalue weighted by molar-refractivity contribution is 6.30. The fourth-order valence-corrected chi connectivity index (χ4v) is 2.99. The molecule has 2 rings (SSSR count). The van der Waals surface area contributed by atoms with Gasteiger partial charge < -0.3 is 10.4 Å². The Kier molecular flexibility index (Phi) is 4.31. The van der Waals surface area contributed by atoms with Crippen molar-refractivity contribution in [3.05, 3.63) is 34.9 Å². The number of aliphatic hydroxyl groups is 1. The number of hydrogen-bond donors (Lipinski definition) is 2. The zero-order valence-corrected chi connectivity index (χ0v) is 11.9. The number of benzene rings is 1. The van der Waals surface area contributed by atoms with E-state index >= 15 is 0 Å². The summed E-state index contributed by atoms with van der Waals surface area (Å²) in [5.41, 5.74) is 0.0305. The lowest BCUT2D eigenvalue weighted by Gasteiger charge is -2.39. The van der Waals surface area contributed by atoms with E-state index in [1.165, 1.54) is 12.8 Å². The summed E-state index contributed by atoms with van der Waals surface area (Å²) in [5.74, 6) is 0.710. The summed E-state index contributed by atoms with van der Waals surface area (Å²) < 4.78 is 0. The average Bonchev–Trinajstić information content (AvgIpc) is 2.39. The van der Waals surface area contributed by atoms with Crippen LogP contribution in [-0.4, -0.2) is 17.7 Å². The van der Waals surface area contributed by atoms with Crippen LogP contribution >= 0.6 is 11.6 Å². The first kappa shape index (κ1) is 13.9. The number of rotatable bonds is 3. The minimum Gasteiger partial charge on any atom is -0.384 e. The maximum absolute atomic E-state index is 10.8. The van der Waals surface area contributed by atoms with Gasteiger partial charge in [0.05, 0.1) is 0 Å². The minimum atomic E-state index is -0.862. The standard InChI is InChI=1S/C15H22ClNO/c1-3-11-7-8-17-14(9-11)15(2,18)12-5-4-6-13(16)10-12/h4-6,10-11,14,17-18H,3,7-9H2,1-2H3. The first-order valence-electron chi connectivity index (χ1n) is 6.75. The second kappa shape index (κ2) is 5.60. The van der Waals surface area contributed by atoms with Gasteiger partial charge in [-0.15, -0.1) is 0 Å². The van der Waals surface area contributed by atoms with E-state index in [2.05, 4.69) is 12.2 Å². The van der Waals surface area contributed by atoms with Gasteiger partial charge in [0, 0.05) is 11.1 Å². The van der Waals surface area contributed by atoms with Crippen LogP contribution in [0.15, 0.2) is 24.3 Å². The van der Waals surface area contributed by atoms with Crippen LogP contribution in [0.3, 0.4) is 0 Å². The molecule has 1 heterocycles. The van der Waals surface area contributed by atoms with Crippen LogP contribution in [0.2, 0.25) is 5.02 Å². The Morgan fingerprint density at radius 1 is 1.50 bits per heavy atom. The smallest absolute Gasteiger partial charge is 0.102 e. The molecule has 1 fully saturated rings. The molecule has 0 saturated carbocycles. The highest BCUT2D eigenvalue weighted by atomic mass is 35.5. The van der Waals surface area contributed by atoms with Crippen LogP contribution in [0.25, 0.3) is 0 Å². The number of nitrogens with one attached hydrogen (secondary N) is 1. The van der Waals surface area contributed by atoms with Crippen LogP contribution in [0.5, 0.6) is 0 Å². The summed E-state index contributed by atoms with van der Waals surface area (Å²) in [4.78, 5) is 0. The van der Waals surface area contributed by atoms with E-state index < -0.39 is 5.60 Å². The monoisotopic (exact) mass is 267 g/mol. The predicted octanol–water partition coefficient (Wildman–Crippen LogP) is 3.33. The average molecular weight is 268 g/mol. The summed E-state index contributed by atoms with van der Waals surface area (Å²) in [6.45, 7) is 5.09. The maximum Gasteiger partial charge on any atom is 0.102 e. The van der Waals surface area contributed by atoms with Crippen LogP contribution in [0.1, 0.15) is 38.7 Å². The second-order valence-electron chi connectivity index (χ2n) is 5.46. The van der Waals surface area contributed by atoms with Gasteiger partial charge in [-0.25, -0.2) is 0 Å². The van der Waals surface area contributed by atoms with Crippen molar-refractivity contribution in [2.24, 2.45) is 5.92 Å². The van der Waals surface area contributed by atoms with Crippen molar-refractivity contribution in [3.63, 3.8) is 0 Å². The third-order valence-corrected chi connectivity index (χ3v) is 4.41. The molecule has 0 aromatic heterocycles. The van der Waals surface area contributed by atoms with Crippen molar-refractivity contribution < 1.29 is 5.11 Å². The molecule has 1 aromatic rings. The van der Waals surface area contributed by atoms with E-state index in [4.69, 9.17) is 11.6 Å². The van der Waals surface area contributed by atoms with Gasteiger partial charge in [0.15, 0.2) is 0 Å². The largest absolute Gasteiger partial charge is 0.384 e. The molecule has 3 unspecified atom stereocenters. The van der Waals surface area contributed by atoms with Crippen LogP contribution in [0.4, 0.5) is 0 Å². The highest BCUT2D eigenvalue weighted by Crippen LogP contribution is 2.33. The van der Waals surface area contributed by atoms with Crippen molar-refractivity contribution in [1.29, 1.82) is 0 Å². The lowest BCUT2D eigenvalue weighted by molar-refractivity contribution is -0.00308. The Morgan fingerprint density at radius 2 is 2.28 bits per heavy atom. The van der Waals surface area contributed by atoms with Crippen LogP contribution < -0.4 is 5.32 Å². The molecule has 0 spiro atoms. The molecule has 1 aliphatic rings. The van der Waals surface area contributed by atoms with Crippen LogP contribution in [-0.2, 0) is 5.60 Å². The SMILES string of the molecule is CCC1CCNC(C(C)(O)c2cccc(Cl)c2)C1. The zero-order valence-electron chi connectivity index (χ0n) is 11.1. The third-order valence-electron chi connectivity index (χ3n) is 4.18. The second-order valence-corrected chi connectivity index (χ2v) is 5.90. The summed E-state index contributed by atoms with van der Waals surface area (Å²) in [6, 6.07) is 7.65. The molecule has 0 aliphatic carbocycles. The molecule has 1 aromatic carbocycles. The minimum absolute atomic E-state index is 0.106. The van der Waals surface area contributed by atoms with E-state index in [-0.39, 0.29) is 6.04 Å². The van der Waals surface area contributed by atoms with Gasteiger partial charge >= 0.3 is 0 Å². The quantitative estimate of drug-likeness (QED) is 0.881. The Labute approximate surface area is 114 Å². The topological polar surface area (TPSA) is 32.3 Å². The molecule has 3 heteroatoms. The molecule has 3 atom stereocenters. The van der Waals surface area contributed by atoms with Gasteiger partial charge in [0.1, 0.15) is 5.60 Å². The lowest BCUT2D eigenvalue weighted by Crippen LogP contribution is -2.51. The van der Waals surface area contributed by atoms with Gasteiger partial charge in [-0.05, 0) is 49.9 Å². The van der Waals surface area contributed by atoms with Gasteiger partial charge in [-0.1, -0.05) is 37.1 Å². The summed E-state index contributed by atoms with van der Waals surface area (Å²) in [6.07, 6.45) is 3.42. The van der Waals surface area contributed by atoms with E-state index in [0.717, 1.165) is 18.5 Å². The van der Waals surface area contributed by atoms with E-state index in [9.17, 15) is 5.11 Å². The first-order chi connectivity index (χ1) is 8.54. The van der Waals surface area contributed by atoms with E-state index in [1.54, 1.807) is 0 Å². The van der Waals surface area contributed by atoms with Gasteiger partial charge in [0.2, 0.25) is 0 Å². The molecule has 0 bridgehead atoms. The fraction of sp³-hybridized carbons (Fsp3) is 0.600. The normalized spacial score (nSPS) is 27.8. The number of piperidine rings is 1. The van der Waals surface area contributed by atoms with Gasteiger partial charge in [0.25, 0.3) is 0 Å². The molecule has 100 valence electrons. The van der Waals surface area contributed by atoms with E-state index in [0.29, 0.717) is 10.9 Å². The number of halogens is 1. The van der Waals surface area contributed by atoms with Crippen molar-refractivity contribution >= 4 is 11.6 Å². The Morgan fingerprint density at radius 3 is 2.94 bits per heavy atom. The third kappa shape index (κ3) is 2.87. The highest BCUT2D eigenvalue weighted by Gasteiger charge is 2.36. The van der Waals surface area contributed by atoms with Gasteiger partial charge in [-0.3, -0.25) is 0 Å². The number of hydrogen-bond acceptors (Lipinski definition) is 2.